The van der Waals surface area contributed by atoms with Crippen LogP contribution in [0.4, 0.5) is 0 Å². The molecule has 5 nitrogen and oxygen atoms in total. The summed E-state index contributed by atoms with van der Waals surface area (Å²) < 4.78 is 12.1. The fraction of sp³-hybridized carbons (Fsp3) is 0.240. The van der Waals surface area contributed by atoms with Crippen LogP contribution in [0.5, 0.6) is 17.2 Å². The van der Waals surface area contributed by atoms with Gasteiger partial charge in [0.15, 0.2) is 0 Å². The summed E-state index contributed by atoms with van der Waals surface area (Å²) in [7, 11) is 1.74. The maximum Gasteiger partial charge on any atom is 0.322 e. The summed E-state index contributed by atoms with van der Waals surface area (Å²) in [4.78, 5) is 16.2. The molecule has 3 aromatic carbocycles. The number of hydrogen-bond acceptors (Lipinski definition) is 5. The Hall–Kier alpha value is -3.31. The number of ether oxygens (including phenoxy) is 2. The fourth-order valence-corrected chi connectivity index (χ4v) is 3.02. The summed E-state index contributed by atoms with van der Waals surface area (Å²) in [5, 5.41) is 1.53. The number of rotatable bonds is 9. The Labute approximate surface area is 177 Å². The standard InChI is InChI=1S/C25H27NO4/c1-19-9-11-22(12-10-19)28-23-13-15-24(16-14-23)29-25(21-7-5-4-6-8-21)17-18-26(3)30-20(2)27/h4-16,25H,17-18H2,1-3H3. The molecular weight excluding hydrogens is 378 g/mol. The van der Waals surface area contributed by atoms with Gasteiger partial charge in [0.2, 0.25) is 0 Å². The van der Waals surface area contributed by atoms with Gasteiger partial charge < -0.3 is 14.3 Å². The number of benzene rings is 3. The van der Waals surface area contributed by atoms with Gasteiger partial charge in [-0.3, -0.25) is 4.79 Å². The third-order valence-corrected chi connectivity index (χ3v) is 4.52. The molecule has 0 radical (unpaired) electrons. The van der Waals surface area contributed by atoms with E-state index < -0.39 is 0 Å². The van der Waals surface area contributed by atoms with Crippen LogP contribution in [0.25, 0.3) is 0 Å². The lowest BCUT2D eigenvalue weighted by Gasteiger charge is -2.22. The molecule has 0 bridgehead atoms. The Balaban J connectivity index is 1.66. The monoisotopic (exact) mass is 405 g/mol. The van der Waals surface area contributed by atoms with E-state index in [2.05, 4.69) is 0 Å². The van der Waals surface area contributed by atoms with Crippen molar-refractivity contribution in [3.05, 3.63) is 90.0 Å². The second kappa shape index (κ2) is 10.5. The van der Waals surface area contributed by atoms with Gasteiger partial charge in [-0.1, -0.05) is 48.0 Å². The predicted molar refractivity (Wildman–Crippen MR) is 117 cm³/mol. The van der Waals surface area contributed by atoms with Crippen molar-refractivity contribution in [1.82, 2.24) is 5.06 Å². The lowest BCUT2D eigenvalue weighted by molar-refractivity contribution is -0.182. The Morgan fingerprint density at radius 1 is 0.867 bits per heavy atom. The van der Waals surface area contributed by atoms with Crippen molar-refractivity contribution in [3.8, 4) is 17.2 Å². The molecule has 156 valence electrons. The minimum atomic E-state index is -0.334. The lowest BCUT2D eigenvalue weighted by Crippen LogP contribution is -2.25. The smallest absolute Gasteiger partial charge is 0.322 e. The van der Waals surface area contributed by atoms with Crippen LogP contribution >= 0.6 is 0 Å². The molecule has 0 spiro atoms. The summed E-state index contributed by atoms with van der Waals surface area (Å²) in [6.45, 7) is 3.98. The molecule has 0 aromatic heterocycles. The van der Waals surface area contributed by atoms with Gasteiger partial charge in [0.05, 0.1) is 0 Å². The Bertz CT molecular complexity index is 924. The number of hydroxylamine groups is 2. The topological polar surface area (TPSA) is 48.0 Å². The van der Waals surface area contributed by atoms with E-state index in [1.807, 2.05) is 85.8 Å². The van der Waals surface area contributed by atoms with Gasteiger partial charge in [-0.25, -0.2) is 0 Å². The zero-order chi connectivity index (χ0) is 21.3. The molecule has 30 heavy (non-hydrogen) atoms. The molecule has 0 aliphatic heterocycles. The maximum atomic E-state index is 11.1. The molecule has 1 unspecified atom stereocenters. The highest BCUT2D eigenvalue weighted by Crippen LogP contribution is 2.28. The quantitative estimate of drug-likeness (QED) is 0.427. The number of nitrogens with zero attached hydrogens (tertiary/aromatic N) is 1. The Morgan fingerprint density at radius 2 is 1.43 bits per heavy atom. The highest BCUT2D eigenvalue weighted by atomic mass is 16.7. The summed E-state index contributed by atoms with van der Waals surface area (Å²) in [5.74, 6) is 1.95. The first-order chi connectivity index (χ1) is 14.5. The molecule has 3 aromatic rings. The average Bonchev–Trinajstić information content (AvgIpc) is 2.74. The van der Waals surface area contributed by atoms with E-state index in [1.165, 1.54) is 17.6 Å². The van der Waals surface area contributed by atoms with E-state index in [0.29, 0.717) is 13.0 Å². The number of aryl methyl sites for hydroxylation is 1. The minimum Gasteiger partial charge on any atom is -0.486 e. The van der Waals surface area contributed by atoms with Gasteiger partial charge in [0.1, 0.15) is 23.4 Å². The highest BCUT2D eigenvalue weighted by molar-refractivity contribution is 5.65. The normalized spacial score (nSPS) is 11.7. The van der Waals surface area contributed by atoms with Gasteiger partial charge in [0, 0.05) is 26.9 Å². The molecule has 0 saturated heterocycles. The molecule has 0 heterocycles. The van der Waals surface area contributed by atoms with Gasteiger partial charge in [-0.15, -0.1) is 5.06 Å². The van der Waals surface area contributed by atoms with Crippen LogP contribution < -0.4 is 9.47 Å². The van der Waals surface area contributed by atoms with Crippen LogP contribution in [0.3, 0.4) is 0 Å². The maximum absolute atomic E-state index is 11.1. The second-order valence-corrected chi connectivity index (χ2v) is 7.13. The first-order valence-electron chi connectivity index (χ1n) is 9.95. The van der Waals surface area contributed by atoms with Crippen LogP contribution in [0.2, 0.25) is 0 Å². The fourth-order valence-electron chi connectivity index (χ4n) is 3.02. The van der Waals surface area contributed by atoms with Crippen molar-refractivity contribution in [2.24, 2.45) is 0 Å². The first kappa shape index (κ1) is 21.4. The third kappa shape index (κ3) is 6.64. The van der Waals surface area contributed by atoms with E-state index in [4.69, 9.17) is 14.3 Å². The largest absolute Gasteiger partial charge is 0.486 e. The molecule has 1 atom stereocenters. The zero-order valence-electron chi connectivity index (χ0n) is 17.6. The Morgan fingerprint density at radius 3 is 2.03 bits per heavy atom. The SMILES string of the molecule is CC(=O)ON(C)CCC(Oc1ccc(Oc2ccc(C)cc2)cc1)c1ccccc1. The van der Waals surface area contributed by atoms with Crippen molar-refractivity contribution in [2.45, 2.75) is 26.4 Å². The van der Waals surface area contributed by atoms with Gasteiger partial charge in [-0.05, 0) is 48.9 Å². The van der Waals surface area contributed by atoms with Crippen molar-refractivity contribution in [1.29, 1.82) is 0 Å². The Kier molecular flexibility index (Phi) is 7.46. The van der Waals surface area contributed by atoms with E-state index in [-0.39, 0.29) is 12.1 Å². The summed E-state index contributed by atoms with van der Waals surface area (Å²) in [6, 6.07) is 25.5. The zero-order valence-corrected chi connectivity index (χ0v) is 17.6. The lowest BCUT2D eigenvalue weighted by atomic mass is 10.1. The van der Waals surface area contributed by atoms with Crippen LogP contribution in [-0.2, 0) is 9.63 Å². The molecule has 0 aliphatic carbocycles. The number of hydrogen-bond donors (Lipinski definition) is 0. The third-order valence-electron chi connectivity index (χ3n) is 4.52. The number of carbonyl (C=O) groups excluding carboxylic acids is 1. The summed E-state index contributed by atoms with van der Waals surface area (Å²) >= 11 is 0. The molecule has 0 amide bonds. The molecule has 0 N–H and O–H groups in total. The predicted octanol–water partition coefficient (Wildman–Crippen LogP) is 5.71. The van der Waals surface area contributed by atoms with Crippen LogP contribution in [0.15, 0.2) is 78.9 Å². The van der Waals surface area contributed by atoms with Gasteiger partial charge in [-0.2, -0.15) is 0 Å². The van der Waals surface area contributed by atoms with E-state index >= 15 is 0 Å². The summed E-state index contributed by atoms with van der Waals surface area (Å²) in [5.41, 5.74) is 2.26. The first-order valence-corrected chi connectivity index (χ1v) is 9.95. The van der Waals surface area contributed by atoms with Crippen molar-refractivity contribution in [3.63, 3.8) is 0 Å². The van der Waals surface area contributed by atoms with E-state index in [0.717, 1.165) is 22.8 Å². The molecular formula is C25H27NO4. The molecule has 0 aliphatic rings. The van der Waals surface area contributed by atoms with E-state index in [9.17, 15) is 4.79 Å². The van der Waals surface area contributed by atoms with Crippen LogP contribution in [-0.4, -0.2) is 24.6 Å². The second-order valence-electron chi connectivity index (χ2n) is 7.13. The molecule has 5 heteroatoms. The molecule has 3 rings (SSSR count). The average molecular weight is 405 g/mol. The van der Waals surface area contributed by atoms with Crippen LogP contribution in [0, 0.1) is 6.92 Å². The van der Waals surface area contributed by atoms with Crippen LogP contribution in [0.1, 0.15) is 30.6 Å². The molecule has 0 fully saturated rings. The van der Waals surface area contributed by atoms with Crippen molar-refractivity contribution < 1.29 is 19.1 Å². The number of carbonyl (C=O) groups is 1. The molecule has 0 saturated carbocycles. The summed E-state index contributed by atoms with van der Waals surface area (Å²) in [6.07, 6.45) is 0.489. The van der Waals surface area contributed by atoms with Gasteiger partial charge >= 0.3 is 5.97 Å². The van der Waals surface area contributed by atoms with Gasteiger partial charge in [0.25, 0.3) is 0 Å². The van der Waals surface area contributed by atoms with E-state index in [1.54, 1.807) is 7.05 Å². The minimum absolute atomic E-state index is 0.173. The van der Waals surface area contributed by atoms with Crippen molar-refractivity contribution >= 4 is 5.97 Å². The van der Waals surface area contributed by atoms with Crippen molar-refractivity contribution in [2.75, 3.05) is 13.6 Å². The highest BCUT2D eigenvalue weighted by Gasteiger charge is 2.15.